The lowest BCUT2D eigenvalue weighted by Crippen LogP contribution is -2.23. The van der Waals surface area contributed by atoms with Crippen molar-refractivity contribution in [3.05, 3.63) is 67.9 Å². The average Bonchev–Trinajstić information content (AvgIpc) is 3.29. The lowest BCUT2D eigenvalue weighted by Gasteiger charge is -2.08. The third-order valence-electron chi connectivity index (χ3n) is 4.70. The highest BCUT2D eigenvalue weighted by Gasteiger charge is 2.13. The molecule has 9 nitrogen and oxygen atoms in total. The first-order chi connectivity index (χ1) is 16.0. The fraction of sp³-hybridized carbons (Fsp3) is 0.273. The van der Waals surface area contributed by atoms with E-state index in [4.69, 9.17) is 14.2 Å². The van der Waals surface area contributed by atoms with E-state index in [0.29, 0.717) is 11.0 Å². The van der Waals surface area contributed by atoms with Gasteiger partial charge in [0.2, 0.25) is 0 Å². The molecule has 0 aliphatic rings. The van der Waals surface area contributed by atoms with Gasteiger partial charge >= 0.3 is 21.7 Å². The summed E-state index contributed by atoms with van der Waals surface area (Å²) in [5.41, 5.74) is 1.39. The van der Waals surface area contributed by atoms with E-state index in [0.717, 1.165) is 32.1 Å². The van der Waals surface area contributed by atoms with E-state index < -0.39 is 11.9 Å². The van der Waals surface area contributed by atoms with Crippen LogP contribution in [0, 0.1) is 0 Å². The molecular formula is C22H20N2O7S2. The normalized spacial score (nSPS) is 11.2. The predicted molar refractivity (Wildman–Crippen MR) is 125 cm³/mol. The van der Waals surface area contributed by atoms with E-state index in [2.05, 4.69) is 0 Å². The van der Waals surface area contributed by atoms with E-state index in [-0.39, 0.29) is 49.3 Å². The second-order valence-corrected chi connectivity index (χ2v) is 8.88. The van der Waals surface area contributed by atoms with Crippen LogP contribution in [0.5, 0.6) is 0 Å². The number of rotatable bonds is 10. The molecule has 33 heavy (non-hydrogen) atoms. The molecule has 2 aromatic heterocycles. The fourth-order valence-corrected chi connectivity index (χ4v) is 4.99. The monoisotopic (exact) mass is 488 g/mol. The first-order valence-corrected chi connectivity index (χ1v) is 11.7. The number of esters is 2. The van der Waals surface area contributed by atoms with Gasteiger partial charge < -0.3 is 14.2 Å². The number of carbonyl (C=O) groups excluding carboxylic acids is 2. The molecule has 0 saturated heterocycles. The van der Waals surface area contributed by atoms with Gasteiger partial charge in [0.15, 0.2) is 0 Å². The molecule has 4 rings (SSSR count). The summed E-state index contributed by atoms with van der Waals surface area (Å²) in [6.45, 7) is -0.0671. The highest BCUT2D eigenvalue weighted by molar-refractivity contribution is 7.16. The van der Waals surface area contributed by atoms with Gasteiger partial charge in [-0.2, -0.15) is 0 Å². The average molecular weight is 489 g/mol. The van der Waals surface area contributed by atoms with E-state index in [1.54, 1.807) is 24.3 Å². The SMILES string of the molecule is O=C(Cn1c(=O)sc2ccccc21)OCCOCCOC(=O)Cn1c(=O)sc2ccccc21. The van der Waals surface area contributed by atoms with Gasteiger partial charge in [-0.15, -0.1) is 0 Å². The molecule has 2 heterocycles. The number of hydrogen-bond acceptors (Lipinski definition) is 9. The maximum atomic E-state index is 12.0. The van der Waals surface area contributed by atoms with E-state index in [1.165, 1.54) is 9.13 Å². The molecule has 11 heteroatoms. The van der Waals surface area contributed by atoms with Crippen molar-refractivity contribution in [3.8, 4) is 0 Å². The van der Waals surface area contributed by atoms with Crippen LogP contribution in [-0.4, -0.2) is 47.5 Å². The Kier molecular flexibility index (Phi) is 7.33. The van der Waals surface area contributed by atoms with Crippen molar-refractivity contribution in [1.29, 1.82) is 0 Å². The summed E-state index contributed by atoms with van der Waals surface area (Å²) in [4.78, 5) is 47.7. The topological polar surface area (TPSA) is 106 Å². The van der Waals surface area contributed by atoms with Gasteiger partial charge in [0.1, 0.15) is 26.3 Å². The summed E-state index contributed by atoms with van der Waals surface area (Å²) in [5.74, 6) is -1.08. The van der Waals surface area contributed by atoms with E-state index in [9.17, 15) is 19.2 Å². The van der Waals surface area contributed by atoms with E-state index in [1.807, 2.05) is 24.3 Å². The van der Waals surface area contributed by atoms with Crippen molar-refractivity contribution < 1.29 is 23.8 Å². The Morgan fingerprint density at radius 1 is 0.667 bits per heavy atom. The van der Waals surface area contributed by atoms with E-state index >= 15 is 0 Å². The van der Waals surface area contributed by atoms with Crippen molar-refractivity contribution in [2.45, 2.75) is 13.1 Å². The Bertz CT molecular complexity index is 1290. The largest absolute Gasteiger partial charge is 0.462 e. The zero-order valence-corrected chi connectivity index (χ0v) is 19.1. The van der Waals surface area contributed by atoms with Crippen LogP contribution >= 0.6 is 22.7 Å². The molecule has 0 radical (unpaired) electrons. The number of benzene rings is 2. The minimum Gasteiger partial charge on any atom is -0.462 e. The maximum absolute atomic E-state index is 12.0. The summed E-state index contributed by atoms with van der Waals surface area (Å²) < 4.78 is 19.9. The second-order valence-electron chi connectivity index (χ2n) is 6.90. The molecule has 0 N–H and O–H groups in total. The van der Waals surface area contributed by atoms with Gasteiger partial charge in [-0.3, -0.25) is 28.3 Å². The molecule has 0 saturated carbocycles. The van der Waals surface area contributed by atoms with Crippen LogP contribution in [0.3, 0.4) is 0 Å². The Balaban J connectivity index is 1.13. The lowest BCUT2D eigenvalue weighted by molar-refractivity contribution is -0.147. The predicted octanol–water partition coefficient (Wildman–Crippen LogP) is 2.24. The number of para-hydroxylation sites is 2. The third kappa shape index (κ3) is 5.56. The second kappa shape index (κ2) is 10.6. The van der Waals surface area contributed by atoms with Gasteiger partial charge in [-0.1, -0.05) is 46.9 Å². The van der Waals surface area contributed by atoms with Crippen molar-refractivity contribution in [1.82, 2.24) is 9.13 Å². The smallest absolute Gasteiger partial charge is 0.326 e. The molecule has 4 aromatic rings. The number of fused-ring (bicyclic) bond motifs is 2. The molecule has 0 spiro atoms. The standard InChI is InChI=1S/C22H20N2O7S2/c25-19(13-23-15-5-1-3-7-17(15)32-21(23)27)30-11-9-29-10-12-31-20(26)14-24-16-6-2-4-8-18(16)33-22(24)28/h1-8H,9-14H2. The van der Waals surface area contributed by atoms with Gasteiger partial charge in [-0.05, 0) is 24.3 Å². The third-order valence-corrected chi connectivity index (χ3v) is 6.62. The van der Waals surface area contributed by atoms with Crippen LogP contribution in [0.1, 0.15) is 0 Å². The molecular weight excluding hydrogens is 468 g/mol. The Morgan fingerprint density at radius 3 is 1.55 bits per heavy atom. The number of thiazole rings is 2. The summed E-state index contributed by atoms with van der Waals surface area (Å²) in [6, 6.07) is 14.5. The fourth-order valence-electron chi connectivity index (χ4n) is 3.21. The highest BCUT2D eigenvalue weighted by atomic mass is 32.1. The first kappa shape index (κ1) is 22.9. The molecule has 0 bridgehead atoms. The molecule has 0 unspecified atom stereocenters. The van der Waals surface area contributed by atoms with Crippen molar-refractivity contribution in [3.63, 3.8) is 0 Å². The van der Waals surface area contributed by atoms with Crippen LogP contribution < -0.4 is 9.75 Å². The van der Waals surface area contributed by atoms with Gasteiger partial charge in [0, 0.05) is 0 Å². The summed E-state index contributed by atoms with van der Waals surface area (Å²) in [5, 5.41) is 0. The molecule has 2 aromatic carbocycles. The van der Waals surface area contributed by atoms with Crippen LogP contribution in [0.4, 0.5) is 0 Å². The first-order valence-electron chi connectivity index (χ1n) is 10.1. The zero-order valence-electron chi connectivity index (χ0n) is 17.4. The molecule has 0 atom stereocenters. The molecule has 172 valence electrons. The van der Waals surface area contributed by atoms with Crippen molar-refractivity contribution in [2.24, 2.45) is 0 Å². The minimum absolute atomic E-state index is 0.0138. The Hall–Kier alpha value is -3.28. The lowest BCUT2D eigenvalue weighted by atomic mass is 10.3. The quantitative estimate of drug-likeness (QED) is 0.249. The number of hydrogen-bond donors (Lipinski definition) is 0. The van der Waals surface area contributed by atoms with Crippen LogP contribution in [0.25, 0.3) is 20.4 Å². The summed E-state index contributed by atoms with van der Waals surface area (Å²) in [6.07, 6.45) is 0. The van der Waals surface area contributed by atoms with Gasteiger partial charge in [-0.25, -0.2) is 0 Å². The van der Waals surface area contributed by atoms with Gasteiger partial charge in [0.05, 0.1) is 33.6 Å². The molecule has 0 aliphatic carbocycles. The van der Waals surface area contributed by atoms with Crippen molar-refractivity contribution in [2.75, 3.05) is 26.4 Å². The zero-order chi connectivity index (χ0) is 23.2. The molecule has 0 fully saturated rings. The number of aromatic nitrogens is 2. The molecule has 0 aliphatic heterocycles. The number of carbonyl (C=O) groups is 2. The summed E-state index contributed by atoms with van der Waals surface area (Å²) >= 11 is 2.16. The maximum Gasteiger partial charge on any atom is 0.326 e. The Labute approximate surface area is 195 Å². The molecule has 0 amide bonds. The number of ether oxygens (including phenoxy) is 3. The Morgan fingerprint density at radius 2 is 1.09 bits per heavy atom. The summed E-state index contributed by atoms with van der Waals surface area (Å²) in [7, 11) is 0. The highest BCUT2D eigenvalue weighted by Crippen LogP contribution is 2.17. The number of nitrogens with zero attached hydrogens (tertiary/aromatic N) is 2. The van der Waals surface area contributed by atoms with Crippen LogP contribution in [-0.2, 0) is 36.9 Å². The minimum atomic E-state index is -0.538. The van der Waals surface area contributed by atoms with Crippen LogP contribution in [0.2, 0.25) is 0 Å². The van der Waals surface area contributed by atoms with Crippen molar-refractivity contribution >= 4 is 55.0 Å². The van der Waals surface area contributed by atoms with Crippen LogP contribution in [0.15, 0.2) is 58.1 Å². The van der Waals surface area contributed by atoms with Gasteiger partial charge in [0.25, 0.3) is 0 Å².